The SMILES string of the molecule is COc1ccc(CN(N)/C(=C\N)c2ccc(Br)nc2)cc1. The summed E-state index contributed by atoms with van der Waals surface area (Å²) in [7, 11) is 1.64. The molecule has 2 aromatic rings. The highest BCUT2D eigenvalue weighted by molar-refractivity contribution is 9.10. The van der Waals surface area contributed by atoms with E-state index < -0.39 is 0 Å². The average molecular weight is 349 g/mol. The number of pyridine rings is 1. The first-order valence-corrected chi connectivity index (χ1v) is 7.12. The Morgan fingerprint density at radius 1 is 1.29 bits per heavy atom. The van der Waals surface area contributed by atoms with Crippen LogP contribution in [-0.2, 0) is 6.54 Å². The summed E-state index contributed by atoms with van der Waals surface area (Å²) in [5.74, 6) is 6.93. The van der Waals surface area contributed by atoms with E-state index in [1.54, 1.807) is 18.3 Å². The van der Waals surface area contributed by atoms with Crippen LogP contribution in [-0.4, -0.2) is 17.1 Å². The van der Waals surface area contributed by atoms with Crippen LogP contribution in [0.25, 0.3) is 5.70 Å². The van der Waals surface area contributed by atoms with Crippen molar-refractivity contribution in [2.45, 2.75) is 6.54 Å². The van der Waals surface area contributed by atoms with E-state index in [9.17, 15) is 0 Å². The van der Waals surface area contributed by atoms with Gasteiger partial charge < -0.3 is 15.5 Å². The molecule has 0 saturated carbocycles. The Morgan fingerprint density at radius 3 is 2.52 bits per heavy atom. The number of ether oxygens (including phenoxy) is 1. The number of hydrogen-bond acceptors (Lipinski definition) is 5. The van der Waals surface area contributed by atoms with E-state index in [1.165, 1.54) is 6.20 Å². The number of aromatic nitrogens is 1. The Morgan fingerprint density at radius 2 is 2.00 bits per heavy atom. The van der Waals surface area contributed by atoms with Gasteiger partial charge in [0.25, 0.3) is 0 Å². The Balaban J connectivity index is 2.13. The van der Waals surface area contributed by atoms with Crippen LogP contribution in [0.2, 0.25) is 0 Å². The molecule has 110 valence electrons. The molecule has 0 saturated heterocycles. The van der Waals surface area contributed by atoms with Gasteiger partial charge in [0.1, 0.15) is 10.4 Å². The third kappa shape index (κ3) is 3.96. The maximum absolute atomic E-state index is 6.12. The minimum atomic E-state index is 0.531. The molecule has 1 aromatic carbocycles. The third-order valence-electron chi connectivity index (χ3n) is 3.00. The van der Waals surface area contributed by atoms with Gasteiger partial charge in [-0.05, 0) is 45.8 Å². The summed E-state index contributed by atoms with van der Waals surface area (Å²) in [5.41, 5.74) is 8.33. The van der Waals surface area contributed by atoms with Crippen molar-refractivity contribution >= 4 is 21.6 Å². The van der Waals surface area contributed by atoms with E-state index in [0.717, 1.165) is 21.5 Å². The summed E-state index contributed by atoms with van der Waals surface area (Å²) in [6.45, 7) is 0.531. The summed E-state index contributed by atoms with van der Waals surface area (Å²) < 4.78 is 5.90. The number of halogens is 1. The zero-order valence-electron chi connectivity index (χ0n) is 11.7. The lowest BCUT2D eigenvalue weighted by Gasteiger charge is -2.22. The maximum atomic E-state index is 6.12. The standard InChI is InChI=1S/C15H17BrN4O/c1-21-13-5-2-11(3-6-13)10-20(18)14(8-17)12-4-7-15(16)19-9-12/h2-9H,10,17-18H2,1H3/b14-8-. The molecule has 0 aliphatic rings. The van der Waals surface area contributed by atoms with Crippen LogP contribution in [0.1, 0.15) is 11.1 Å². The predicted octanol–water partition coefficient (Wildman–Crippen LogP) is 2.49. The molecule has 0 aliphatic carbocycles. The zero-order chi connectivity index (χ0) is 15.2. The van der Waals surface area contributed by atoms with E-state index in [2.05, 4.69) is 20.9 Å². The average Bonchev–Trinajstić information content (AvgIpc) is 2.50. The van der Waals surface area contributed by atoms with Gasteiger partial charge in [0.2, 0.25) is 0 Å². The molecular weight excluding hydrogens is 332 g/mol. The molecule has 2 rings (SSSR count). The first kappa shape index (κ1) is 15.3. The predicted molar refractivity (Wildman–Crippen MR) is 86.8 cm³/mol. The van der Waals surface area contributed by atoms with Crippen LogP contribution >= 0.6 is 15.9 Å². The maximum Gasteiger partial charge on any atom is 0.118 e. The van der Waals surface area contributed by atoms with Crippen LogP contribution < -0.4 is 16.3 Å². The Kier molecular flexibility index (Phi) is 5.19. The first-order valence-electron chi connectivity index (χ1n) is 6.33. The van der Waals surface area contributed by atoms with Crippen molar-refractivity contribution in [3.8, 4) is 5.75 Å². The molecule has 0 aliphatic heterocycles. The normalized spacial score (nSPS) is 11.3. The molecule has 0 amide bonds. The van der Waals surface area contributed by atoms with Crippen molar-refractivity contribution in [2.24, 2.45) is 11.6 Å². The van der Waals surface area contributed by atoms with E-state index in [-0.39, 0.29) is 0 Å². The summed E-state index contributed by atoms with van der Waals surface area (Å²) in [6.07, 6.45) is 3.20. The lowest BCUT2D eigenvalue weighted by molar-refractivity contribution is 0.404. The molecule has 0 atom stereocenters. The van der Waals surface area contributed by atoms with E-state index in [4.69, 9.17) is 16.3 Å². The highest BCUT2D eigenvalue weighted by atomic mass is 79.9. The van der Waals surface area contributed by atoms with Crippen LogP contribution in [0.3, 0.4) is 0 Å². The number of nitrogens with zero attached hydrogens (tertiary/aromatic N) is 2. The van der Waals surface area contributed by atoms with Crippen molar-refractivity contribution in [2.75, 3.05) is 7.11 Å². The van der Waals surface area contributed by atoms with Gasteiger partial charge in [-0.3, -0.25) is 0 Å². The number of nitrogens with two attached hydrogens (primary N) is 2. The van der Waals surface area contributed by atoms with Gasteiger partial charge in [-0.25, -0.2) is 10.8 Å². The second kappa shape index (κ2) is 7.10. The van der Waals surface area contributed by atoms with Crippen molar-refractivity contribution in [1.82, 2.24) is 9.99 Å². The summed E-state index contributed by atoms with van der Waals surface area (Å²) in [4.78, 5) is 4.18. The fourth-order valence-electron chi connectivity index (χ4n) is 1.90. The Bertz CT molecular complexity index is 611. The molecular formula is C15H17BrN4O. The van der Waals surface area contributed by atoms with Crippen LogP contribution in [0.5, 0.6) is 5.75 Å². The van der Waals surface area contributed by atoms with Gasteiger partial charge in [-0.15, -0.1) is 0 Å². The van der Waals surface area contributed by atoms with Crippen LogP contribution in [0.15, 0.2) is 53.4 Å². The van der Waals surface area contributed by atoms with E-state index in [1.807, 2.05) is 36.4 Å². The molecule has 1 aromatic heterocycles. The smallest absolute Gasteiger partial charge is 0.118 e. The number of hydrazine groups is 1. The van der Waals surface area contributed by atoms with E-state index in [0.29, 0.717) is 12.2 Å². The minimum absolute atomic E-state index is 0.531. The highest BCUT2D eigenvalue weighted by Gasteiger charge is 2.09. The van der Waals surface area contributed by atoms with Gasteiger partial charge in [0.15, 0.2) is 0 Å². The molecule has 0 radical (unpaired) electrons. The van der Waals surface area contributed by atoms with E-state index >= 15 is 0 Å². The topological polar surface area (TPSA) is 77.4 Å². The molecule has 0 unspecified atom stereocenters. The summed E-state index contributed by atoms with van der Waals surface area (Å²) in [6, 6.07) is 11.5. The van der Waals surface area contributed by atoms with Gasteiger partial charge in [0, 0.05) is 18.0 Å². The minimum Gasteiger partial charge on any atom is -0.497 e. The van der Waals surface area contributed by atoms with Crippen LogP contribution in [0.4, 0.5) is 0 Å². The van der Waals surface area contributed by atoms with Gasteiger partial charge in [-0.2, -0.15) is 0 Å². The van der Waals surface area contributed by atoms with Crippen molar-refractivity contribution in [3.05, 3.63) is 64.5 Å². The number of methoxy groups -OCH3 is 1. The van der Waals surface area contributed by atoms with Gasteiger partial charge in [0.05, 0.1) is 19.4 Å². The van der Waals surface area contributed by atoms with Crippen molar-refractivity contribution in [3.63, 3.8) is 0 Å². The van der Waals surface area contributed by atoms with Gasteiger partial charge in [-0.1, -0.05) is 12.1 Å². The fourth-order valence-corrected chi connectivity index (χ4v) is 2.13. The summed E-state index contributed by atoms with van der Waals surface area (Å²) in [5, 5.41) is 1.59. The molecule has 0 fully saturated rings. The van der Waals surface area contributed by atoms with Crippen molar-refractivity contribution < 1.29 is 4.74 Å². The molecule has 4 N–H and O–H groups in total. The molecule has 6 heteroatoms. The molecule has 1 heterocycles. The number of rotatable bonds is 5. The molecule has 0 bridgehead atoms. The van der Waals surface area contributed by atoms with Crippen LogP contribution in [0, 0.1) is 0 Å². The highest BCUT2D eigenvalue weighted by Crippen LogP contribution is 2.19. The lowest BCUT2D eigenvalue weighted by atomic mass is 10.1. The molecule has 5 nitrogen and oxygen atoms in total. The first-order chi connectivity index (χ1) is 10.1. The zero-order valence-corrected chi connectivity index (χ0v) is 13.2. The quantitative estimate of drug-likeness (QED) is 0.493. The second-order valence-corrected chi connectivity index (χ2v) is 5.21. The number of hydrogen-bond donors (Lipinski definition) is 2. The fraction of sp³-hybridized carbons (Fsp3) is 0.133. The Labute approximate surface area is 132 Å². The largest absolute Gasteiger partial charge is 0.497 e. The monoisotopic (exact) mass is 348 g/mol. The number of benzene rings is 1. The van der Waals surface area contributed by atoms with Crippen molar-refractivity contribution in [1.29, 1.82) is 0 Å². The summed E-state index contributed by atoms with van der Waals surface area (Å²) >= 11 is 3.30. The third-order valence-corrected chi connectivity index (χ3v) is 3.47. The molecule has 21 heavy (non-hydrogen) atoms. The molecule has 0 spiro atoms. The van der Waals surface area contributed by atoms with Gasteiger partial charge >= 0.3 is 0 Å². The lowest BCUT2D eigenvalue weighted by Crippen LogP contribution is -2.29. The second-order valence-electron chi connectivity index (χ2n) is 4.40. The Hall–Kier alpha value is -2.05.